The fourth-order valence-electron chi connectivity index (χ4n) is 2.46. The largest absolute Gasteiger partial charge is 0.496 e. The van der Waals surface area contributed by atoms with Crippen LogP contribution in [-0.2, 0) is 4.79 Å². The number of ether oxygens (including phenoxy) is 1. The summed E-state index contributed by atoms with van der Waals surface area (Å²) in [5, 5.41) is 0. The molecule has 1 aliphatic rings. The Hall–Kier alpha value is -2.11. The quantitative estimate of drug-likeness (QED) is 0.589. The second-order valence-electron chi connectivity index (χ2n) is 5.58. The van der Waals surface area contributed by atoms with Crippen LogP contribution in [0.4, 0.5) is 5.69 Å². The molecule has 0 radical (unpaired) electrons. The fraction of sp³-hybridized carbons (Fsp3) is 0.158. The van der Waals surface area contributed by atoms with Crippen molar-refractivity contribution in [3.05, 3.63) is 64.1 Å². The van der Waals surface area contributed by atoms with Crippen LogP contribution < -0.4 is 9.64 Å². The lowest BCUT2D eigenvalue weighted by atomic mass is 10.1. The summed E-state index contributed by atoms with van der Waals surface area (Å²) in [6.07, 6.45) is 1.86. The van der Waals surface area contributed by atoms with Crippen molar-refractivity contribution in [3.8, 4) is 5.75 Å². The maximum absolute atomic E-state index is 12.7. The van der Waals surface area contributed by atoms with E-state index in [2.05, 4.69) is 0 Å². The molecule has 5 heteroatoms. The standard InChI is InChI=1S/C19H17NO2S2/c1-12-4-8-15(9-5-12)20-18(21)17(24-19(20)23)11-14-7-6-13(2)16(10-14)22-3/h4-11H,1-3H3/b17-11-. The second kappa shape index (κ2) is 6.79. The highest BCUT2D eigenvalue weighted by atomic mass is 32.2. The SMILES string of the molecule is COc1cc(/C=C2\SC(=S)N(c3ccc(C)cc3)C2=O)ccc1C. The first kappa shape index (κ1) is 16.7. The molecule has 1 heterocycles. The topological polar surface area (TPSA) is 29.5 Å². The van der Waals surface area contributed by atoms with Crippen LogP contribution in [0.1, 0.15) is 16.7 Å². The van der Waals surface area contributed by atoms with E-state index in [-0.39, 0.29) is 5.91 Å². The molecule has 0 atom stereocenters. The van der Waals surface area contributed by atoms with Gasteiger partial charge in [-0.3, -0.25) is 9.69 Å². The van der Waals surface area contributed by atoms with Gasteiger partial charge >= 0.3 is 0 Å². The third-order valence-corrected chi connectivity index (χ3v) is 5.12. The lowest BCUT2D eigenvalue weighted by Crippen LogP contribution is -2.27. The Kier molecular flexibility index (Phi) is 4.73. The number of methoxy groups -OCH3 is 1. The Morgan fingerprint density at radius 3 is 2.50 bits per heavy atom. The maximum Gasteiger partial charge on any atom is 0.270 e. The molecule has 0 spiro atoms. The monoisotopic (exact) mass is 355 g/mol. The summed E-state index contributed by atoms with van der Waals surface area (Å²) in [6, 6.07) is 13.6. The molecular formula is C19H17NO2S2. The van der Waals surface area contributed by atoms with E-state index in [1.165, 1.54) is 11.8 Å². The Labute approximate surface area is 151 Å². The fourth-order valence-corrected chi connectivity index (χ4v) is 3.76. The molecule has 3 nitrogen and oxygen atoms in total. The van der Waals surface area contributed by atoms with E-state index in [1.54, 1.807) is 12.0 Å². The average Bonchev–Trinajstić information content (AvgIpc) is 2.84. The van der Waals surface area contributed by atoms with Crippen LogP contribution in [0.25, 0.3) is 6.08 Å². The highest BCUT2D eigenvalue weighted by molar-refractivity contribution is 8.27. The number of amides is 1. The molecule has 2 aromatic carbocycles. The highest BCUT2D eigenvalue weighted by Crippen LogP contribution is 2.36. The van der Waals surface area contributed by atoms with Crippen molar-refractivity contribution in [3.63, 3.8) is 0 Å². The van der Waals surface area contributed by atoms with Gasteiger partial charge in [-0.15, -0.1) is 0 Å². The molecule has 2 aromatic rings. The van der Waals surface area contributed by atoms with E-state index in [9.17, 15) is 4.79 Å². The predicted molar refractivity (Wildman–Crippen MR) is 105 cm³/mol. The van der Waals surface area contributed by atoms with Crippen molar-refractivity contribution in [1.29, 1.82) is 0 Å². The molecule has 0 N–H and O–H groups in total. The summed E-state index contributed by atoms with van der Waals surface area (Å²) in [4.78, 5) is 14.9. The molecule has 1 fully saturated rings. The van der Waals surface area contributed by atoms with Crippen LogP contribution in [0, 0.1) is 13.8 Å². The number of hydrogen-bond donors (Lipinski definition) is 0. The summed E-state index contributed by atoms with van der Waals surface area (Å²) in [6.45, 7) is 4.00. The van der Waals surface area contributed by atoms with E-state index in [0.29, 0.717) is 9.23 Å². The first-order valence-corrected chi connectivity index (χ1v) is 8.71. The summed E-state index contributed by atoms with van der Waals surface area (Å²) in [5.41, 5.74) is 3.92. The number of rotatable bonds is 3. The van der Waals surface area contributed by atoms with E-state index >= 15 is 0 Å². The zero-order valence-electron chi connectivity index (χ0n) is 13.7. The first-order valence-electron chi connectivity index (χ1n) is 7.49. The van der Waals surface area contributed by atoms with Crippen LogP contribution in [-0.4, -0.2) is 17.3 Å². The normalized spacial score (nSPS) is 16.1. The number of benzene rings is 2. The van der Waals surface area contributed by atoms with E-state index in [0.717, 1.165) is 28.1 Å². The van der Waals surface area contributed by atoms with Gasteiger partial charge in [0, 0.05) is 0 Å². The minimum atomic E-state index is -0.0894. The maximum atomic E-state index is 12.7. The Balaban J connectivity index is 1.92. The first-order chi connectivity index (χ1) is 11.5. The zero-order chi connectivity index (χ0) is 17.3. The third-order valence-electron chi connectivity index (χ3n) is 3.82. The molecule has 122 valence electrons. The van der Waals surface area contributed by atoms with Crippen LogP contribution in [0.5, 0.6) is 5.75 Å². The molecular weight excluding hydrogens is 338 g/mol. The highest BCUT2D eigenvalue weighted by Gasteiger charge is 2.33. The molecule has 0 unspecified atom stereocenters. The van der Waals surface area contributed by atoms with Crippen molar-refractivity contribution in [1.82, 2.24) is 0 Å². The van der Waals surface area contributed by atoms with Gasteiger partial charge < -0.3 is 4.74 Å². The molecule has 0 saturated carbocycles. The minimum absolute atomic E-state index is 0.0894. The van der Waals surface area contributed by atoms with E-state index in [4.69, 9.17) is 17.0 Å². The third kappa shape index (κ3) is 3.23. The summed E-state index contributed by atoms with van der Waals surface area (Å²) < 4.78 is 5.89. The van der Waals surface area contributed by atoms with Crippen LogP contribution >= 0.6 is 24.0 Å². The molecule has 0 aromatic heterocycles. The Bertz CT molecular complexity index is 841. The number of thioether (sulfide) groups is 1. The smallest absolute Gasteiger partial charge is 0.270 e. The van der Waals surface area contributed by atoms with Gasteiger partial charge in [-0.1, -0.05) is 53.8 Å². The summed E-state index contributed by atoms with van der Waals surface area (Å²) in [5.74, 6) is 0.714. The number of anilines is 1. The summed E-state index contributed by atoms with van der Waals surface area (Å²) >= 11 is 6.72. The number of carbonyl (C=O) groups is 1. The van der Waals surface area contributed by atoms with Crippen LogP contribution in [0.2, 0.25) is 0 Å². The second-order valence-corrected chi connectivity index (χ2v) is 7.26. The van der Waals surface area contributed by atoms with Crippen molar-refractivity contribution in [2.45, 2.75) is 13.8 Å². The number of aryl methyl sites for hydroxylation is 2. The Morgan fingerprint density at radius 1 is 1.12 bits per heavy atom. The lowest BCUT2D eigenvalue weighted by Gasteiger charge is -2.14. The number of thiocarbonyl (C=S) groups is 1. The minimum Gasteiger partial charge on any atom is -0.496 e. The molecule has 3 rings (SSSR count). The Morgan fingerprint density at radius 2 is 1.83 bits per heavy atom. The van der Waals surface area contributed by atoms with E-state index < -0.39 is 0 Å². The molecule has 0 aliphatic carbocycles. The average molecular weight is 355 g/mol. The van der Waals surface area contributed by atoms with Gasteiger partial charge in [0.05, 0.1) is 17.7 Å². The van der Waals surface area contributed by atoms with Gasteiger partial charge in [0.2, 0.25) is 0 Å². The number of hydrogen-bond acceptors (Lipinski definition) is 4. The van der Waals surface area contributed by atoms with Gasteiger partial charge in [0.15, 0.2) is 4.32 Å². The molecule has 1 saturated heterocycles. The molecule has 0 bridgehead atoms. The van der Waals surface area contributed by atoms with Gasteiger partial charge in [-0.2, -0.15) is 0 Å². The van der Waals surface area contributed by atoms with E-state index in [1.807, 2.05) is 62.4 Å². The molecule has 24 heavy (non-hydrogen) atoms. The zero-order valence-corrected chi connectivity index (χ0v) is 15.3. The predicted octanol–water partition coefficient (Wildman–Crippen LogP) is 4.72. The van der Waals surface area contributed by atoms with Crippen LogP contribution in [0.3, 0.4) is 0 Å². The van der Waals surface area contributed by atoms with Crippen LogP contribution in [0.15, 0.2) is 47.4 Å². The number of carbonyl (C=O) groups excluding carboxylic acids is 1. The molecule has 1 aliphatic heterocycles. The van der Waals surface area contributed by atoms with Gasteiger partial charge in [0.25, 0.3) is 5.91 Å². The molecule has 1 amide bonds. The van der Waals surface area contributed by atoms with Crippen molar-refractivity contribution in [2.75, 3.05) is 12.0 Å². The van der Waals surface area contributed by atoms with Crippen molar-refractivity contribution in [2.24, 2.45) is 0 Å². The van der Waals surface area contributed by atoms with Gasteiger partial charge in [-0.25, -0.2) is 0 Å². The summed E-state index contributed by atoms with van der Waals surface area (Å²) in [7, 11) is 1.64. The van der Waals surface area contributed by atoms with Crippen molar-refractivity contribution < 1.29 is 9.53 Å². The lowest BCUT2D eigenvalue weighted by molar-refractivity contribution is -0.113. The van der Waals surface area contributed by atoms with Crippen molar-refractivity contribution >= 4 is 46.0 Å². The van der Waals surface area contributed by atoms with Gasteiger partial charge in [-0.05, 0) is 49.2 Å². The number of nitrogens with zero attached hydrogens (tertiary/aromatic N) is 1. The van der Waals surface area contributed by atoms with Gasteiger partial charge in [0.1, 0.15) is 5.75 Å².